The number of anilines is 1. The molecule has 0 atom stereocenters. The van der Waals surface area contributed by atoms with E-state index >= 15 is 0 Å². The van der Waals surface area contributed by atoms with E-state index in [4.69, 9.17) is 10.4 Å². The SMILES string of the molecule is CC(=NNC(=O)c1nnn(-c2nonc2N)c1CN1CCCCC1)c1ccccc1. The van der Waals surface area contributed by atoms with Gasteiger partial charge in [0, 0.05) is 6.54 Å². The highest BCUT2D eigenvalue weighted by Gasteiger charge is 2.26. The van der Waals surface area contributed by atoms with Crippen LogP contribution < -0.4 is 11.2 Å². The van der Waals surface area contributed by atoms with Crippen LogP contribution in [0.25, 0.3) is 5.82 Å². The first-order valence-electron chi connectivity index (χ1n) is 9.79. The molecule has 30 heavy (non-hydrogen) atoms. The van der Waals surface area contributed by atoms with Gasteiger partial charge in [-0.25, -0.2) is 10.1 Å². The van der Waals surface area contributed by atoms with E-state index in [1.54, 1.807) is 0 Å². The number of aromatic nitrogens is 5. The van der Waals surface area contributed by atoms with E-state index in [-0.39, 0.29) is 17.3 Å². The highest BCUT2D eigenvalue weighted by molar-refractivity contribution is 6.00. The second-order valence-corrected chi connectivity index (χ2v) is 7.11. The van der Waals surface area contributed by atoms with E-state index in [2.05, 4.69) is 36.1 Å². The largest absolute Gasteiger partial charge is 0.378 e. The van der Waals surface area contributed by atoms with Crippen LogP contribution in [0.4, 0.5) is 5.82 Å². The maximum absolute atomic E-state index is 12.9. The summed E-state index contributed by atoms with van der Waals surface area (Å²) in [6, 6.07) is 9.58. The van der Waals surface area contributed by atoms with Crippen LogP contribution in [0.5, 0.6) is 0 Å². The molecule has 1 saturated heterocycles. The third-order valence-corrected chi connectivity index (χ3v) is 5.01. The summed E-state index contributed by atoms with van der Waals surface area (Å²) in [5.74, 6) is -0.180. The molecule has 0 spiro atoms. The van der Waals surface area contributed by atoms with Crippen molar-refractivity contribution in [2.24, 2.45) is 5.10 Å². The molecule has 0 saturated carbocycles. The Balaban J connectivity index is 1.61. The Morgan fingerprint density at radius 2 is 1.97 bits per heavy atom. The van der Waals surface area contributed by atoms with Gasteiger partial charge in [-0.05, 0) is 48.7 Å². The zero-order chi connectivity index (χ0) is 20.9. The lowest BCUT2D eigenvalue weighted by Crippen LogP contribution is -2.31. The first-order valence-corrected chi connectivity index (χ1v) is 9.79. The van der Waals surface area contributed by atoms with Crippen LogP contribution in [-0.2, 0) is 6.54 Å². The van der Waals surface area contributed by atoms with E-state index < -0.39 is 5.91 Å². The Morgan fingerprint density at radius 1 is 1.20 bits per heavy atom. The van der Waals surface area contributed by atoms with E-state index in [9.17, 15) is 4.79 Å². The van der Waals surface area contributed by atoms with E-state index in [0.717, 1.165) is 31.5 Å². The molecular weight excluding hydrogens is 386 g/mol. The van der Waals surface area contributed by atoms with Gasteiger partial charge in [0.15, 0.2) is 5.69 Å². The summed E-state index contributed by atoms with van der Waals surface area (Å²) in [4.78, 5) is 15.1. The van der Waals surface area contributed by atoms with Crippen LogP contribution in [0.2, 0.25) is 0 Å². The third-order valence-electron chi connectivity index (χ3n) is 5.01. The summed E-state index contributed by atoms with van der Waals surface area (Å²) < 4.78 is 6.10. The summed E-state index contributed by atoms with van der Waals surface area (Å²) in [7, 11) is 0. The van der Waals surface area contributed by atoms with Gasteiger partial charge in [0.05, 0.1) is 11.4 Å². The van der Waals surface area contributed by atoms with Crippen molar-refractivity contribution in [2.75, 3.05) is 18.8 Å². The molecule has 1 aromatic carbocycles. The number of rotatable bonds is 6. The van der Waals surface area contributed by atoms with Gasteiger partial charge in [-0.2, -0.15) is 9.78 Å². The normalized spacial score (nSPS) is 15.3. The molecule has 3 heterocycles. The van der Waals surface area contributed by atoms with E-state index in [1.165, 1.54) is 11.1 Å². The number of benzene rings is 1. The van der Waals surface area contributed by atoms with Gasteiger partial charge in [0.25, 0.3) is 5.91 Å². The highest BCUT2D eigenvalue weighted by atomic mass is 16.6. The lowest BCUT2D eigenvalue weighted by molar-refractivity contribution is 0.0947. The Hall–Kier alpha value is -3.60. The number of carbonyl (C=O) groups excluding carboxylic acids is 1. The summed E-state index contributed by atoms with van der Waals surface area (Å²) in [5, 5.41) is 19.7. The molecule has 4 rings (SSSR count). The van der Waals surface area contributed by atoms with Gasteiger partial charge in [-0.3, -0.25) is 9.69 Å². The topological polar surface area (TPSA) is 140 Å². The summed E-state index contributed by atoms with van der Waals surface area (Å²) in [6.07, 6.45) is 3.42. The predicted octanol–water partition coefficient (Wildman–Crippen LogP) is 1.37. The fourth-order valence-electron chi connectivity index (χ4n) is 3.39. The molecule has 0 unspecified atom stereocenters. The minimum Gasteiger partial charge on any atom is -0.378 e. The third kappa shape index (κ3) is 4.20. The number of likely N-dealkylation sites (tertiary alicyclic amines) is 1. The average Bonchev–Trinajstić information content (AvgIpc) is 3.39. The number of nitrogens with two attached hydrogens (primary N) is 1. The Bertz CT molecular complexity index is 1040. The molecule has 1 aliphatic rings. The summed E-state index contributed by atoms with van der Waals surface area (Å²) in [5.41, 5.74) is 10.7. The van der Waals surface area contributed by atoms with Crippen LogP contribution >= 0.6 is 0 Å². The molecule has 11 nitrogen and oxygen atoms in total. The van der Waals surface area contributed by atoms with Crippen molar-refractivity contribution in [2.45, 2.75) is 32.7 Å². The molecule has 3 N–H and O–H groups in total. The number of nitrogen functional groups attached to an aromatic ring is 1. The molecular formula is C19H23N9O2. The van der Waals surface area contributed by atoms with Crippen LogP contribution in [0, 0.1) is 0 Å². The number of nitrogens with one attached hydrogen (secondary N) is 1. The van der Waals surface area contributed by atoms with Crippen LogP contribution in [0.3, 0.4) is 0 Å². The minimum atomic E-state index is -0.460. The number of amides is 1. The number of hydrogen-bond acceptors (Lipinski definition) is 9. The number of nitrogens with zero attached hydrogens (tertiary/aromatic N) is 7. The van der Waals surface area contributed by atoms with Gasteiger partial charge in [0.1, 0.15) is 0 Å². The Morgan fingerprint density at radius 3 is 2.67 bits per heavy atom. The van der Waals surface area contributed by atoms with Crippen molar-refractivity contribution in [1.29, 1.82) is 0 Å². The monoisotopic (exact) mass is 409 g/mol. The van der Waals surface area contributed by atoms with Crippen LogP contribution in [0.15, 0.2) is 40.1 Å². The van der Waals surface area contributed by atoms with Crippen molar-refractivity contribution in [1.82, 2.24) is 35.6 Å². The van der Waals surface area contributed by atoms with Gasteiger partial charge in [0.2, 0.25) is 11.6 Å². The zero-order valence-electron chi connectivity index (χ0n) is 16.7. The van der Waals surface area contributed by atoms with Gasteiger partial charge < -0.3 is 5.73 Å². The number of piperidine rings is 1. The van der Waals surface area contributed by atoms with Crippen molar-refractivity contribution >= 4 is 17.4 Å². The second kappa shape index (κ2) is 8.82. The lowest BCUT2D eigenvalue weighted by atomic mass is 10.1. The van der Waals surface area contributed by atoms with Crippen molar-refractivity contribution in [3.63, 3.8) is 0 Å². The molecule has 0 radical (unpaired) electrons. The van der Waals surface area contributed by atoms with Gasteiger partial charge in [-0.1, -0.05) is 42.0 Å². The molecule has 1 fully saturated rings. The smallest absolute Gasteiger partial charge is 0.293 e. The first-order chi connectivity index (χ1) is 14.6. The molecule has 11 heteroatoms. The summed E-state index contributed by atoms with van der Waals surface area (Å²) >= 11 is 0. The number of hydrogen-bond donors (Lipinski definition) is 2. The Kier molecular flexibility index (Phi) is 5.80. The molecule has 1 aliphatic heterocycles. The highest BCUT2D eigenvalue weighted by Crippen LogP contribution is 2.19. The van der Waals surface area contributed by atoms with E-state index in [1.807, 2.05) is 37.3 Å². The fourth-order valence-corrected chi connectivity index (χ4v) is 3.39. The molecule has 3 aromatic rings. The van der Waals surface area contributed by atoms with Gasteiger partial charge >= 0.3 is 0 Å². The number of hydrazone groups is 1. The van der Waals surface area contributed by atoms with E-state index in [0.29, 0.717) is 18.0 Å². The maximum Gasteiger partial charge on any atom is 0.293 e. The summed E-state index contributed by atoms with van der Waals surface area (Å²) in [6.45, 7) is 4.17. The van der Waals surface area contributed by atoms with Crippen LogP contribution in [0.1, 0.15) is 47.9 Å². The minimum absolute atomic E-state index is 0.0738. The van der Waals surface area contributed by atoms with Crippen molar-refractivity contribution in [3.05, 3.63) is 47.3 Å². The molecule has 156 valence electrons. The van der Waals surface area contributed by atoms with Crippen molar-refractivity contribution < 1.29 is 9.42 Å². The molecule has 0 aliphatic carbocycles. The molecule has 1 amide bonds. The fraction of sp³-hybridized carbons (Fsp3) is 0.368. The zero-order valence-corrected chi connectivity index (χ0v) is 16.7. The number of carbonyl (C=O) groups is 1. The van der Waals surface area contributed by atoms with Crippen LogP contribution in [-0.4, -0.2) is 54.9 Å². The van der Waals surface area contributed by atoms with Crippen molar-refractivity contribution in [3.8, 4) is 5.82 Å². The molecule has 0 bridgehead atoms. The average molecular weight is 409 g/mol. The predicted molar refractivity (Wildman–Crippen MR) is 109 cm³/mol. The second-order valence-electron chi connectivity index (χ2n) is 7.11. The van der Waals surface area contributed by atoms with Gasteiger partial charge in [-0.15, -0.1) is 5.10 Å². The maximum atomic E-state index is 12.9. The standard InChI is InChI=1S/C19H23N9O2/c1-13(14-8-4-2-5-9-14)21-23-19(29)16-15(12-27-10-6-3-7-11-27)28(26-22-16)18-17(20)24-30-25-18/h2,4-5,8-9H,3,6-7,10-12H2,1H3,(H2,20,24)(H,23,29). The quantitative estimate of drug-likeness (QED) is 0.459. The Labute approximate surface area is 172 Å². The lowest BCUT2D eigenvalue weighted by Gasteiger charge is -2.26. The first kappa shape index (κ1) is 19.7. The molecule has 2 aromatic heterocycles.